The van der Waals surface area contributed by atoms with E-state index in [4.69, 9.17) is 14.2 Å². The summed E-state index contributed by atoms with van der Waals surface area (Å²) < 4.78 is 16.9. The number of hydrogen-bond donors (Lipinski definition) is 0. The standard InChI is InChI=1S/C76H128O6/c1-4-7-10-13-16-19-21-23-25-27-29-31-33-35-36-37-38-39-40-42-43-45-47-49-51-53-55-57-60-63-66-69-75(78)81-72-73(71-80-74(77)68-65-62-59-18-15-12-9-6-3)82-76(79)70-67-64-61-58-56-54-52-50-48-46-44-41-34-32-30-28-26-24-22-20-17-14-11-8-5-2/h7,10,16,19,22-25,28-31,35-36,38-39,42-43,47,49,73H,4-6,8-9,11-15,17-18,20-21,26-27,32-34,37,40-41,44-46,48,50-72H2,1-3H3/b10-7-,19-16-,24-22-,25-23-,30-28-,31-29-,36-35-,39-38-,43-42-,49-47-. The van der Waals surface area contributed by atoms with E-state index in [1.165, 1.54) is 154 Å². The first-order chi connectivity index (χ1) is 40.5. The van der Waals surface area contributed by atoms with Gasteiger partial charge in [0, 0.05) is 19.3 Å². The van der Waals surface area contributed by atoms with E-state index in [0.717, 1.165) is 128 Å². The molecule has 468 valence electrons. The van der Waals surface area contributed by atoms with Gasteiger partial charge in [0.05, 0.1) is 0 Å². The van der Waals surface area contributed by atoms with Crippen LogP contribution in [-0.2, 0) is 28.6 Å². The Bertz CT molecular complexity index is 1690. The van der Waals surface area contributed by atoms with Gasteiger partial charge < -0.3 is 14.2 Å². The molecule has 0 N–H and O–H groups in total. The molecule has 0 bridgehead atoms. The third kappa shape index (κ3) is 66.6. The first kappa shape index (κ1) is 77.8. The van der Waals surface area contributed by atoms with Gasteiger partial charge >= 0.3 is 17.9 Å². The maximum atomic E-state index is 12.9. The van der Waals surface area contributed by atoms with Crippen molar-refractivity contribution in [1.82, 2.24) is 0 Å². The van der Waals surface area contributed by atoms with Gasteiger partial charge in [0.2, 0.25) is 0 Å². The topological polar surface area (TPSA) is 78.9 Å². The van der Waals surface area contributed by atoms with Gasteiger partial charge in [-0.3, -0.25) is 14.4 Å². The van der Waals surface area contributed by atoms with Crippen molar-refractivity contribution in [2.45, 2.75) is 329 Å². The molecule has 6 heteroatoms. The third-order valence-electron chi connectivity index (χ3n) is 14.7. The highest BCUT2D eigenvalue weighted by molar-refractivity contribution is 5.71. The summed E-state index contributed by atoms with van der Waals surface area (Å²) in [6.45, 7) is 6.50. The zero-order chi connectivity index (χ0) is 59.2. The minimum absolute atomic E-state index is 0.0823. The van der Waals surface area contributed by atoms with E-state index in [9.17, 15) is 14.4 Å². The van der Waals surface area contributed by atoms with Gasteiger partial charge in [-0.05, 0) is 116 Å². The van der Waals surface area contributed by atoms with Crippen molar-refractivity contribution in [1.29, 1.82) is 0 Å². The summed E-state index contributed by atoms with van der Waals surface area (Å²) in [5.74, 6) is -0.895. The fraction of sp³-hybridized carbons (Fsp3) is 0.697. The van der Waals surface area contributed by atoms with E-state index >= 15 is 0 Å². The Morgan fingerprint density at radius 1 is 0.256 bits per heavy atom. The Balaban J connectivity index is 4.20. The van der Waals surface area contributed by atoms with Gasteiger partial charge in [-0.1, -0.05) is 309 Å². The molecule has 0 aromatic rings. The van der Waals surface area contributed by atoms with Crippen LogP contribution in [0.25, 0.3) is 0 Å². The highest BCUT2D eigenvalue weighted by atomic mass is 16.6. The van der Waals surface area contributed by atoms with Gasteiger partial charge in [-0.25, -0.2) is 0 Å². The van der Waals surface area contributed by atoms with Crippen LogP contribution in [0.1, 0.15) is 323 Å². The van der Waals surface area contributed by atoms with Gasteiger partial charge in [0.25, 0.3) is 0 Å². The molecule has 1 unspecified atom stereocenters. The van der Waals surface area contributed by atoms with Crippen molar-refractivity contribution in [2.24, 2.45) is 0 Å². The van der Waals surface area contributed by atoms with E-state index in [1.807, 2.05) is 0 Å². The molecule has 0 aliphatic rings. The maximum absolute atomic E-state index is 12.9. The molecule has 0 rings (SSSR count). The Morgan fingerprint density at radius 3 is 0.744 bits per heavy atom. The zero-order valence-electron chi connectivity index (χ0n) is 53.7. The number of allylic oxidation sites excluding steroid dienone is 20. The predicted molar refractivity (Wildman–Crippen MR) is 357 cm³/mol. The Hall–Kier alpha value is -4.19. The van der Waals surface area contributed by atoms with Crippen molar-refractivity contribution in [3.8, 4) is 0 Å². The first-order valence-electron chi connectivity index (χ1n) is 34.5. The molecule has 0 saturated carbocycles. The number of unbranched alkanes of at least 4 members (excludes halogenated alkanes) is 31. The molecule has 0 aromatic carbocycles. The molecule has 0 fully saturated rings. The summed E-state index contributed by atoms with van der Waals surface area (Å²) in [7, 11) is 0. The van der Waals surface area contributed by atoms with Crippen LogP contribution in [0.2, 0.25) is 0 Å². The lowest BCUT2D eigenvalue weighted by Gasteiger charge is -2.18. The average Bonchev–Trinajstić information content (AvgIpc) is 3.47. The lowest BCUT2D eigenvalue weighted by Crippen LogP contribution is -2.30. The molecule has 6 nitrogen and oxygen atoms in total. The monoisotopic (exact) mass is 1140 g/mol. The lowest BCUT2D eigenvalue weighted by molar-refractivity contribution is -0.167. The minimum atomic E-state index is -0.786. The van der Waals surface area contributed by atoms with E-state index in [1.54, 1.807) is 0 Å². The molecule has 82 heavy (non-hydrogen) atoms. The van der Waals surface area contributed by atoms with Gasteiger partial charge in [0.1, 0.15) is 13.2 Å². The summed E-state index contributed by atoms with van der Waals surface area (Å²) >= 11 is 0. The SMILES string of the molecule is CC/C=C\C/C=C\C/C=C\C/C=C\C/C=C\C/C=C\C/C=C\C/C=C\CCCCCCCCC(=O)OCC(COC(=O)CCCCCCCCCC)OC(=O)CCCCCCCCCCCCCCC/C=C\C/C=C\CCCCCCC. The normalized spacial score (nSPS) is 12.9. The molecular formula is C76H128O6. The number of carbonyl (C=O) groups excluding carboxylic acids is 3. The molecule has 1 atom stereocenters. The number of ether oxygens (including phenoxy) is 3. The Morgan fingerprint density at radius 2 is 0.476 bits per heavy atom. The van der Waals surface area contributed by atoms with Gasteiger partial charge in [-0.15, -0.1) is 0 Å². The quantitative estimate of drug-likeness (QED) is 0.0261. The van der Waals surface area contributed by atoms with Crippen LogP contribution in [-0.4, -0.2) is 37.2 Å². The van der Waals surface area contributed by atoms with E-state index < -0.39 is 6.10 Å². The Labute approximate surface area is 507 Å². The van der Waals surface area contributed by atoms with Crippen LogP contribution >= 0.6 is 0 Å². The molecule has 0 aliphatic carbocycles. The second kappa shape index (κ2) is 69.3. The molecule has 0 amide bonds. The fourth-order valence-corrected chi connectivity index (χ4v) is 9.55. The average molecular weight is 1140 g/mol. The van der Waals surface area contributed by atoms with Gasteiger partial charge in [0.15, 0.2) is 6.10 Å². The van der Waals surface area contributed by atoms with Crippen LogP contribution in [0.4, 0.5) is 0 Å². The van der Waals surface area contributed by atoms with Crippen LogP contribution in [0.5, 0.6) is 0 Å². The Kier molecular flexibility index (Phi) is 65.8. The molecule has 0 aliphatic heterocycles. The smallest absolute Gasteiger partial charge is 0.306 e. The van der Waals surface area contributed by atoms with Crippen LogP contribution in [0.15, 0.2) is 122 Å². The minimum Gasteiger partial charge on any atom is -0.462 e. The highest BCUT2D eigenvalue weighted by Gasteiger charge is 2.19. The molecule has 0 spiro atoms. The highest BCUT2D eigenvalue weighted by Crippen LogP contribution is 2.16. The summed E-state index contributed by atoms with van der Waals surface area (Å²) in [5, 5.41) is 0. The van der Waals surface area contributed by atoms with Crippen molar-refractivity contribution < 1.29 is 28.6 Å². The molecule has 0 aromatic heterocycles. The van der Waals surface area contributed by atoms with E-state index in [2.05, 4.69) is 142 Å². The molecule has 0 saturated heterocycles. The largest absolute Gasteiger partial charge is 0.462 e. The summed E-state index contributed by atoms with van der Waals surface area (Å²) in [6.07, 6.45) is 96.6. The molecule has 0 heterocycles. The van der Waals surface area contributed by atoms with Gasteiger partial charge in [-0.2, -0.15) is 0 Å². The summed E-state index contributed by atoms with van der Waals surface area (Å²) in [6, 6.07) is 0. The second-order valence-corrected chi connectivity index (χ2v) is 22.7. The fourth-order valence-electron chi connectivity index (χ4n) is 9.55. The number of carbonyl (C=O) groups is 3. The summed E-state index contributed by atoms with van der Waals surface area (Å²) in [5.41, 5.74) is 0. The van der Waals surface area contributed by atoms with E-state index in [0.29, 0.717) is 19.3 Å². The van der Waals surface area contributed by atoms with Crippen LogP contribution < -0.4 is 0 Å². The molecular weight excluding hydrogens is 1010 g/mol. The zero-order valence-corrected chi connectivity index (χ0v) is 53.7. The maximum Gasteiger partial charge on any atom is 0.306 e. The van der Waals surface area contributed by atoms with Crippen molar-refractivity contribution >= 4 is 17.9 Å². The summed E-state index contributed by atoms with van der Waals surface area (Å²) in [4.78, 5) is 38.2. The van der Waals surface area contributed by atoms with Crippen molar-refractivity contribution in [3.05, 3.63) is 122 Å². The number of rotatable bonds is 62. The van der Waals surface area contributed by atoms with Crippen LogP contribution in [0.3, 0.4) is 0 Å². The van der Waals surface area contributed by atoms with Crippen molar-refractivity contribution in [2.75, 3.05) is 13.2 Å². The number of hydrogen-bond acceptors (Lipinski definition) is 6. The van der Waals surface area contributed by atoms with Crippen molar-refractivity contribution in [3.63, 3.8) is 0 Å². The van der Waals surface area contributed by atoms with E-state index in [-0.39, 0.29) is 31.1 Å². The lowest BCUT2D eigenvalue weighted by atomic mass is 10.0. The third-order valence-corrected chi connectivity index (χ3v) is 14.7. The second-order valence-electron chi connectivity index (χ2n) is 22.7. The number of esters is 3. The first-order valence-corrected chi connectivity index (χ1v) is 34.5. The predicted octanol–water partition coefficient (Wildman–Crippen LogP) is 23.9. The van der Waals surface area contributed by atoms with Crippen LogP contribution in [0, 0.1) is 0 Å². The molecule has 0 radical (unpaired) electrons.